The minimum atomic E-state index is 0.370. The molecule has 15 heavy (non-hydrogen) atoms. The van der Waals surface area contributed by atoms with E-state index in [-0.39, 0.29) is 0 Å². The fourth-order valence-corrected chi connectivity index (χ4v) is 3.05. The van der Waals surface area contributed by atoms with Crippen molar-refractivity contribution in [3.8, 4) is 0 Å². The summed E-state index contributed by atoms with van der Waals surface area (Å²) in [6.07, 6.45) is 0. The Balaban J connectivity index is 2.02. The molecular formula is C12H13NOS. The third-order valence-electron chi connectivity index (χ3n) is 2.81. The molecule has 0 aliphatic carbocycles. The summed E-state index contributed by atoms with van der Waals surface area (Å²) < 4.78 is 6.86. The Labute approximate surface area is 92.9 Å². The van der Waals surface area contributed by atoms with Crippen LogP contribution in [0.3, 0.4) is 0 Å². The van der Waals surface area contributed by atoms with Crippen LogP contribution in [0.15, 0.2) is 29.6 Å². The number of fused-ring (bicyclic) bond motifs is 1. The van der Waals surface area contributed by atoms with Gasteiger partial charge in [-0.15, -0.1) is 11.3 Å². The van der Waals surface area contributed by atoms with Gasteiger partial charge in [-0.1, -0.05) is 18.2 Å². The first-order chi connectivity index (χ1) is 7.45. The standard InChI is InChI=1S/C12H13NOS/c1-2-4-12-9(3-1)10(8-15-12)11-7-14-6-5-13-11/h1-4,8,11,13H,5-7H2. The molecule has 2 aromatic rings. The molecule has 1 fully saturated rings. The molecule has 1 aromatic heterocycles. The summed E-state index contributed by atoms with van der Waals surface area (Å²) in [7, 11) is 0. The Hall–Kier alpha value is -0.900. The number of hydrogen-bond acceptors (Lipinski definition) is 3. The molecule has 1 unspecified atom stereocenters. The van der Waals surface area contributed by atoms with Gasteiger partial charge in [0.15, 0.2) is 0 Å². The molecule has 3 rings (SSSR count). The Bertz CT molecular complexity index is 459. The number of hydrogen-bond donors (Lipinski definition) is 1. The van der Waals surface area contributed by atoms with Crippen LogP contribution in [-0.4, -0.2) is 19.8 Å². The Morgan fingerprint density at radius 2 is 2.27 bits per heavy atom. The van der Waals surface area contributed by atoms with E-state index in [2.05, 4.69) is 35.0 Å². The van der Waals surface area contributed by atoms with E-state index >= 15 is 0 Å². The van der Waals surface area contributed by atoms with Gasteiger partial charge in [-0.2, -0.15) is 0 Å². The maximum atomic E-state index is 5.50. The van der Waals surface area contributed by atoms with Crippen molar-refractivity contribution in [2.45, 2.75) is 6.04 Å². The van der Waals surface area contributed by atoms with Crippen LogP contribution in [0.1, 0.15) is 11.6 Å². The second kappa shape index (κ2) is 3.93. The topological polar surface area (TPSA) is 21.3 Å². The zero-order valence-electron chi connectivity index (χ0n) is 8.40. The number of rotatable bonds is 1. The average molecular weight is 219 g/mol. The molecule has 1 saturated heterocycles. The van der Waals surface area contributed by atoms with E-state index in [1.54, 1.807) is 0 Å². The van der Waals surface area contributed by atoms with Gasteiger partial charge in [0.25, 0.3) is 0 Å². The van der Waals surface area contributed by atoms with E-state index in [4.69, 9.17) is 4.74 Å². The smallest absolute Gasteiger partial charge is 0.0662 e. The lowest BCUT2D eigenvalue weighted by Crippen LogP contribution is -2.34. The maximum absolute atomic E-state index is 5.50. The largest absolute Gasteiger partial charge is 0.378 e. The third-order valence-corrected chi connectivity index (χ3v) is 3.79. The third kappa shape index (κ3) is 1.67. The molecule has 78 valence electrons. The highest BCUT2D eigenvalue weighted by atomic mass is 32.1. The number of benzene rings is 1. The lowest BCUT2D eigenvalue weighted by atomic mass is 10.1. The van der Waals surface area contributed by atoms with Crippen LogP contribution in [0.2, 0.25) is 0 Å². The van der Waals surface area contributed by atoms with Crippen molar-refractivity contribution >= 4 is 21.4 Å². The van der Waals surface area contributed by atoms with Crippen molar-refractivity contribution < 1.29 is 4.74 Å². The van der Waals surface area contributed by atoms with Gasteiger partial charge in [-0.25, -0.2) is 0 Å². The van der Waals surface area contributed by atoms with Gasteiger partial charge < -0.3 is 10.1 Å². The van der Waals surface area contributed by atoms with Crippen LogP contribution < -0.4 is 5.32 Å². The zero-order valence-corrected chi connectivity index (χ0v) is 9.22. The number of nitrogens with one attached hydrogen (secondary N) is 1. The zero-order chi connectivity index (χ0) is 10.1. The predicted molar refractivity (Wildman–Crippen MR) is 63.4 cm³/mol. The van der Waals surface area contributed by atoms with Gasteiger partial charge in [0.2, 0.25) is 0 Å². The second-order valence-electron chi connectivity index (χ2n) is 3.77. The fourth-order valence-electron chi connectivity index (χ4n) is 2.03. The number of morpholine rings is 1. The van der Waals surface area contributed by atoms with Gasteiger partial charge in [-0.05, 0) is 22.4 Å². The van der Waals surface area contributed by atoms with Crippen LogP contribution >= 0.6 is 11.3 Å². The fraction of sp³-hybridized carbons (Fsp3) is 0.333. The highest BCUT2D eigenvalue weighted by molar-refractivity contribution is 7.17. The summed E-state index contributed by atoms with van der Waals surface area (Å²) in [4.78, 5) is 0. The molecule has 1 aromatic carbocycles. The molecule has 0 radical (unpaired) electrons. The lowest BCUT2D eigenvalue weighted by molar-refractivity contribution is 0.0774. The minimum absolute atomic E-state index is 0.370. The normalized spacial score (nSPS) is 22.0. The van der Waals surface area contributed by atoms with E-state index in [1.807, 2.05) is 11.3 Å². The van der Waals surface area contributed by atoms with Crippen molar-refractivity contribution in [2.24, 2.45) is 0 Å². The van der Waals surface area contributed by atoms with Crippen molar-refractivity contribution in [3.05, 3.63) is 35.2 Å². The molecule has 0 bridgehead atoms. The molecule has 0 amide bonds. The van der Waals surface area contributed by atoms with Crippen LogP contribution in [-0.2, 0) is 4.74 Å². The quantitative estimate of drug-likeness (QED) is 0.796. The number of ether oxygens (including phenoxy) is 1. The summed E-state index contributed by atoms with van der Waals surface area (Å²) >= 11 is 1.81. The molecule has 1 aliphatic heterocycles. The number of thiophene rings is 1. The van der Waals surface area contributed by atoms with E-state index in [0.29, 0.717) is 6.04 Å². The van der Waals surface area contributed by atoms with Crippen molar-refractivity contribution in [1.29, 1.82) is 0 Å². The first kappa shape index (κ1) is 9.33. The monoisotopic (exact) mass is 219 g/mol. The molecule has 2 nitrogen and oxygen atoms in total. The molecule has 1 atom stereocenters. The van der Waals surface area contributed by atoms with E-state index in [9.17, 15) is 0 Å². The Kier molecular flexibility index (Phi) is 2.44. The van der Waals surface area contributed by atoms with Gasteiger partial charge in [0, 0.05) is 11.2 Å². The molecule has 1 N–H and O–H groups in total. The van der Waals surface area contributed by atoms with Crippen LogP contribution in [0.4, 0.5) is 0 Å². The molecule has 3 heteroatoms. The molecular weight excluding hydrogens is 206 g/mol. The summed E-state index contributed by atoms with van der Waals surface area (Å²) in [5.74, 6) is 0. The van der Waals surface area contributed by atoms with Crippen molar-refractivity contribution in [1.82, 2.24) is 5.32 Å². The summed E-state index contributed by atoms with van der Waals surface area (Å²) in [6, 6.07) is 8.93. The van der Waals surface area contributed by atoms with Gasteiger partial charge >= 0.3 is 0 Å². The molecule has 2 heterocycles. The van der Waals surface area contributed by atoms with Crippen LogP contribution in [0, 0.1) is 0 Å². The molecule has 0 saturated carbocycles. The predicted octanol–water partition coefficient (Wildman–Crippen LogP) is 2.56. The second-order valence-corrected chi connectivity index (χ2v) is 4.68. The van der Waals surface area contributed by atoms with Gasteiger partial charge in [-0.3, -0.25) is 0 Å². The average Bonchev–Trinajstić information content (AvgIpc) is 2.74. The SMILES string of the molecule is c1ccc2c(C3COCCN3)csc2c1. The van der Waals surface area contributed by atoms with E-state index in [1.165, 1.54) is 15.6 Å². The van der Waals surface area contributed by atoms with E-state index in [0.717, 1.165) is 19.8 Å². The first-order valence-electron chi connectivity index (χ1n) is 5.22. The van der Waals surface area contributed by atoms with Crippen LogP contribution in [0.5, 0.6) is 0 Å². The summed E-state index contributed by atoms with van der Waals surface area (Å²) in [5.41, 5.74) is 1.38. The minimum Gasteiger partial charge on any atom is -0.378 e. The van der Waals surface area contributed by atoms with Crippen molar-refractivity contribution in [2.75, 3.05) is 19.8 Å². The van der Waals surface area contributed by atoms with E-state index < -0.39 is 0 Å². The summed E-state index contributed by atoms with van der Waals surface area (Å²) in [5, 5.41) is 7.11. The highest BCUT2D eigenvalue weighted by Crippen LogP contribution is 2.30. The van der Waals surface area contributed by atoms with Gasteiger partial charge in [0.05, 0.1) is 19.3 Å². The van der Waals surface area contributed by atoms with Crippen molar-refractivity contribution in [3.63, 3.8) is 0 Å². The lowest BCUT2D eigenvalue weighted by Gasteiger charge is -2.23. The first-order valence-corrected chi connectivity index (χ1v) is 6.10. The molecule has 0 spiro atoms. The Morgan fingerprint density at radius 3 is 3.13 bits per heavy atom. The maximum Gasteiger partial charge on any atom is 0.0662 e. The van der Waals surface area contributed by atoms with Crippen LogP contribution in [0.25, 0.3) is 10.1 Å². The molecule has 1 aliphatic rings. The highest BCUT2D eigenvalue weighted by Gasteiger charge is 2.18. The summed E-state index contributed by atoms with van der Waals surface area (Å²) in [6.45, 7) is 2.58. The Morgan fingerprint density at radius 1 is 1.33 bits per heavy atom. The van der Waals surface area contributed by atoms with Gasteiger partial charge in [0.1, 0.15) is 0 Å².